The minimum atomic E-state index is -0.310. The summed E-state index contributed by atoms with van der Waals surface area (Å²) in [5.41, 5.74) is 5.71. The monoisotopic (exact) mass is 268 g/mol. The third-order valence-electron chi connectivity index (χ3n) is 2.99. The number of anilines is 2. The number of hydrogen-bond acceptors (Lipinski definition) is 7. The Labute approximate surface area is 114 Å². The molecule has 0 bridgehead atoms. The highest BCUT2D eigenvalue weighted by Gasteiger charge is 2.17. The van der Waals surface area contributed by atoms with Crippen LogP contribution in [-0.2, 0) is 0 Å². The Morgan fingerprint density at radius 3 is 2.32 bits per heavy atom. The van der Waals surface area contributed by atoms with Crippen molar-refractivity contribution in [2.24, 2.45) is 0 Å². The summed E-state index contributed by atoms with van der Waals surface area (Å²) in [5, 5.41) is 9.32. The Hall–Kier alpha value is -1.47. The molecule has 0 saturated carbocycles. The predicted molar refractivity (Wildman–Crippen MR) is 75.9 cm³/mol. The average molecular weight is 268 g/mol. The molecule has 1 rings (SSSR count). The van der Waals surface area contributed by atoms with Gasteiger partial charge in [-0.25, -0.2) is 0 Å². The molecule has 7 nitrogen and oxygen atoms in total. The minimum Gasteiger partial charge on any atom is -0.393 e. The van der Waals surface area contributed by atoms with Crippen molar-refractivity contribution in [1.82, 2.24) is 19.9 Å². The smallest absolute Gasteiger partial charge is 0.229 e. The van der Waals surface area contributed by atoms with Gasteiger partial charge in [-0.15, -0.1) is 0 Å². The van der Waals surface area contributed by atoms with Crippen LogP contribution in [0.4, 0.5) is 11.9 Å². The third kappa shape index (κ3) is 4.60. The number of nitrogens with zero attached hydrogens (tertiary/aromatic N) is 5. The second-order valence-electron chi connectivity index (χ2n) is 5.04. The number of nitrogen functional groups attached to an aromatic ring is 1. The lowest BCUT2D eigenvalue weighted by molar-refractivity contribution is 0.151. The Balaban J connectivity index is 2.83. The van der Waals surface area contributed by atoms with Crippen molar-refractivity contribution in [3.05, 3.63) is 5.82 Å². The molecular formula is C12H24N6O. The van der Waals surface area contributed by atoms with Crippen LogP contribution in [0.25, 0.3) is 0 Å². The molecule has 7 heteroatoms. The molecule has 2 unspecified atom stereocenters. The molecule has 0 spiro atoms. The number of aliphatic hydroxyl groups excluding tert-OH is 1. The van der Waals surface area contributed by atoms with E-state index in [1.165, 1.54) is 0 Å². The van der Waals surface area contributed by atoms with Gasteiger partial charge in [-0.1, -0.05) is 0 Å². The molecule has 19 heavy (non-hydrogen) atoms. The largest absolute Gasteiger partial charge is 0.393 e. The second-order valence-corrected chi connectivity index (χ2v) is 5.04. The van der Waals surface area contributed by atoms with Crippen LogP contribution >= 0.6 is 0 Å². The van der Waals surface area contributed by atoms with E-state index in [1.54, 1.807) is 11.8 Å². The van der Waals surface area contributed by atoms with Gasteiger partial charge < -0.3 is 15.7 Å². The SMILES string of the molecule is CC(O)CCN(C)C(C)c1nc(N)nc(N(C)C)n1. The maximum atomic E-state index is 9.32. The highest BCUT2D eigenvalue weighted by Crippen LogP contribution is 2.17. The summed E-state index contributed by atoms with van der Waals surface area (Å²) in [6, 6.07) is 0.0164. The fraction of sp³-hybridized carbons (Fsp3) is 0.750. The second kappa shape index (κ2) is 6.63. The van der Waals surface area contributed by atoms with Crippen LogP contribution in [0.1, 0.15) is 32.1 Å². The zero-order valence-corrected chi connectivity index (χ0v) is 12.3. The van der Waals surface area contributed by atoms with E-state index in [0.717, 1.165) is 6.54 Å². The molecule has 0 aliphatic heterocycles. The van der Waals surface area contributed by atoms with Crippen molar-refractivity contribution in [2.75, 3.05) is 38.3 Å². The molecular weight excluding hydrogens is 244 g/mol. The standard InChI is InChI=1S/C12H24N6O/c1-8(19)6-7-18(5)9(2)10-14-11(13)16-12(15-10)17(3)4/h8-9,19H,6-7H2,1-5H3,(H2,13,14,15,16). The van der Waals surface area contributed by atoms with Crippen molar-refractivity contribution in [1.29, 1.82) is 0 Å². The lowest BCUT2D eigenvalue weighted by Gasteiger charge is -2.24. The molecule has 1 aromatic heterocycles. The molecule has 0 saturated heterocycles. The van der Waals surface area contributed by atoms with Gasteiger partial charge in [-0.05, 0) is 27.3 Å². The van der Waals surface area contributed by atoms with E-state index in [4.69, 9.17) is 5.73 Å². The zero-order chi connectivity index (χ0) is 14.6. The Bertz CT molecular complexity index is 409. The van der Waals surface area contributed by atoms with E-state index in [2.05, 4.69) is 19.9 Å². The molecule has 1 aromatic rings. The van der Waals surface area contributed by atoms with Crippen molar-refractivity contribution in [3.8, 4) is 0 Å². The van der Waals surface area contributed by atoms with Crippen molar-refractivity contribution in [3.63, 3.8) is 0 Å². The fourth-order valence-electron chi connectivity index (χ4n) is 1.57. The maximum Gasteiger partial charge on any atom is 0.229 e. The number of hydrogen-bond donors (Lipinski definition) is 2. The number of aliphatic hydroxyl groups is 1. The zero-order valence-electron chi connectivity index (χ0n) is 12.3. The highest BCUT2D eigenvalue weighted by molar-refractivity contribution is 5.33. The summed E-state index contributed by atoms with van der Waals surface area (Å²) >= 11 is 0. The van der Waals surface area contributed by atoms with Crippen LogP contribution in [0.15, 0.2) is 0 Å². The normalized spacial score (nSPS) is 14.5. The maximum absolute atomic E-state index is 9.32. The van der Waals surface area contributed by atoms with Gasteiger partial charge >= 0.3 is 0 Å². The topological polar surface area (TPSA) is 91.4 Å². The Morgan fingerprint density at radius 2 is 1.79 bits per heavy atom. The summed E-state index contributed by atoms with van der Waals surface area (Å²) in [6.07, 6.45) is 0.400. The molecule has 0 fully saturated rings. The Morgan fingerprint density at radius 1 is 1.16 bits per heavy atom. The van der Waals surface area contributed by atoms with Gasteiger partial charge in [0.1, 0.15) is 0 Å². The van der Waals surface area contributed by atoms with Gasteiger partial charge in [-0.2, -0.15) is 15.0 Å². The van der Waals surface area contributed by atoms with E-state index in [1.807, 2.05) is 28.1 Å². The van der Waals surface area contributed by atoms with Crippen LogP contribution in [0.3, 0.4) is 0 Å². The Kier molecular flexibility index (Phi) is 5.44. The summed E-state index contributed by atoms with van der Waals surface area (Å²) < 4.78 is 0. The van der Waals surface area contributed by atoms with Gasteiger partial charge in [0.05, 0.1) is 12.1 Å². The van der Waals surface area contributed by atoms with Crippen molar-refractivity contribution >= 4 is 11.9 Å². The van der Waals surface area contributed by atoms with E-state index in [0.29, 0.717) is 18.2 Å². The average Bonchev–Trinajstić information content (AvgIpc) is 2.34. The lowest BCUT2D eigenvalue weighted by atomic mass is 10.2. The fourth-order valence-corrected chi connectivity index (χ4v) is 1.57. The first kappa shape index (κ1) is 15.6. The summed E-state index contributed by atoms with van der Waals surface area (Å²) in [4.78, 5) is 16.5. The molecule has 1 heterocycles. The van der Waals surface area contributed by atoms with E-state index in [9.17, 15) is 5.11 Å². The van der Waals surface area contributed by atoms with Gasteiger partial charge in [0.25, 0.3) is 0 Å². The molecule has 0 amide bonds. The van der Waals surface area contributed by atoms with Crippen LogP contribution in [0.5, 0.6) is 0 Å². The highest BCUT2D eigenvalue weighted by atomic mass is 16.3. The van der Waals surface area contributed by atoms with Crippen molar-refractivity contribution in [2.45, 2.75) is 32.4 Å². The lowest BCUT2D eigenvalue weighted by Crippen LogP contribution is -2.28. The molecule has 0 aromatic carbocycles. The number of rotatable bonds is 6. The van der Waals surface area contributed by atoms with Crippen LogP contribution in [-0.4, -0.2) is 58.8 Å². The number of aromatic nitrogens is 3. The summed E-state index contributed by atoms with van der Waals surface area (Å²) in [7, 11) is 5.70. The number of nitrogens with two attached hydrogens (primary N) is 1. The summed E-state index contributed by atoms with van der Waals surface area (Å²) in [5.74, 6) is 1.42. The first-order chi connectivity index (χ1) is 8.81. The van der Waals surface area contributed by atoms with E-state index < -0.39 is 0 Å². The molecule has 3 N–H and O–H groups in total. The van der Waals surface area contributed by atoms with Gasteiger partial charge in [0.15, 0.2) is 5.82 Å². The van der Waals surface area contributed by atoms with E-state index >= 15 is 0 Å². The van der Waals surface area contributed by atoms with Gasteiger partial charge in [0, 0.05) is 20.6 Å². The quantitative estimate of drug-likeness (QED) is 0.765. The molecule has 0 aliphatic carbocycles. The van der Waals surface area contributed by atoms with Crippen LogP contribution in [0.2, 0.25) is 0 Å². The predicted octanol–water partition coefficient (Wildman–Crippen LogP) is 0.284. The summed E-state index contributed by atoms with van der Waals surface area (Å²) in [6.45, 7) is 4.56. The molecule has 0 radical (unpaired) electrons. The molecule has 2 atom stereocenters. The first-order valence-corrected chi connectivity index (χ1v) is 6.38. The van der Waals surface area contributed by atoms with Crippen LogP contribution < -0.4 is 10.6 Å². The van der Waals surface area contributed by atoms with E-state index in [-0.39, 0.29) is 18.1 Å². The minimum absolute atomic E-state index is 0.0164. The molecule has 0 aliphatic rings. The van der Waals surface area contributed by atoms with Crippen molar-refractivity contribution < 1.29 is 5.11 Å². The van der Waals surface area contributed by atoms with Crippen LogP contribution in [0, 0.1) is 0 Å². The first-order valence-electron chi connectivity index (χ1n) is 6.38. The van der Waals surface area contributed by atoms with Gasteiger partial charge in [-0.3, -0.25) is 4.90 Å². The third-order valence-corrected chi connectivity index (χ3v) is 2.99. The molecule has 108 valence electrons. The van der Waals surface area contributed by atoms with Gasteiger partial charge in [0.2, 0.25) is 11.9 Å².